The first-order valence-electron chi connectivity index (χ1n) is 4.51. The summed E-state index contributed by atoms with van der Waals surface area (Å²) >= 11 is 0. The van der Waals surface area contributed by atoms with Gasteiger partial charge in [0.1, 0.15) is 5.52 Å². The van der Waals surface area contributed by atoms with Gasteiger partial charge in [0.2, 0.25) is 0 Å². The van der Waals surface area contributed by atoms with Crippen LogP contribution < -0.4 is 9.47 Å². The molecule has 0 aliphatic heterocycles. The predicted octanol–water partition coefficient (Wildman–Crippen LogP) is 1.28. The molecule has 2 rings (SSSR count). The van der Waals surface area contributed by atoms with Crippen LogP contribution in [-0.2, 0) is 0 Å². The van der Waals surface area contributed by atoms with Crippen molar-refractivity contribution in [2.24, 2.45) is 0 Å². The highest BCUT2D eigenvalue weighted by atomic mass is 16.5. The number of aromatic nitrogens is 2. The Kier molecular flexibility index (Phi) is 2.40. The van der Waals surface area contributed by atoms with Gasteiger partial charge in [-0.2, -0.15) is 5.10 Å². The smallest absolute Gasteiger partial charge is 0.357 e. The molecule has 0 radical (unpaired) electrons. The number of carbonyl (C=O) groups is 1. The summed E-state index contributed by atoms with van der Waals surface area (Å²) in [6.45, 7) is 0. The van der Waals surface area contributed by atoms with E-state index in [1.54, 1.807) is 12.1 Å². The summed E-state index contributed by atoms with van der Waals surface area (Å²) in [5.41, 5.74) is 0.482. The van der Waals surface area contributed by atoms with Crippen molar-refractivity contribution in [1.82, 2.24) is 10.2 Å². The number of methoxy groups -OCH3 is 2. The van der Waals surface area contributed by atoms with Gasteiger partial charge in [-0.25, -0.2) is 4.79 Å². The van der Waals surface area contributed by atoms with Crippen LogP contribution in [0.15, 0.2) is 12.1 Å². The Labute approximate surface area is 90.8 Å². The number of benzene rings is 1. The van der Waals surface area contributed by atoms with Gasteiger partial charge in [0.15, 0.2) is 17.2 Å². The first kappa shape index (κ1) is 10.3. The minimum absolute atomic E-state index is 0.0315. The fourth-order valence-electron chi connectivity index (χ4n) is 1.57. The lowest BCUT2D eigenvalue weighted by Crippen LogP contribution is -1.97. The van der Waals surface area contributed by atoms with Gasteiger partial charge in [-0.3, -0.25) is 5.10 Å². The van der Waals surface area contributed by atoms with E-state index in [1.807, 2.05) is 0 Å². The third kappa shape index (κ3) is 1.35. The topological polar surface area (TPSA) is 84.4 Å². The highest BCUT2D eigenvalue weighted by Gasteiger charge is 2.17. The Balaban J connectivity index is 2.75. The number of carboxylic acid groups (broad SMARTS) is 1. The predicted molar refractivity (Wildman–Crippen MR) is 56.2 cm³/mol. The Morgan fingerprint density at radius 1 is 1.38 bits per heavy atom. The van der Waals surface area contributed by atoms with Crippen LogP contribution in [0.25, 0.3) is 10.9 Å². The lowest BCUT2D eigenvalue weighted by molar-refractivity contribution is 0.0692. The van der Waals surface area contributed by atoms with Crippen LogP contribution in [0.3, 0.4) is 0 Å². The zero-order valence-electron chi connectivity index (χ0n) is 8.77. The molecule has 16 heavy (non-hydrogen) atoms. The zero-order chi connectivity index (χ0) is 11.7. The molecule has 84 valence electrons. The highest BCUT2D eigenvalue weighted by Crippen LogP contribution is 2.34. The van der Waals surface area contributed by atoms with Crippen LogP contribution in [0.4, 0.5) is 0 Å². The van der Waals surface area contributed by atoms with Crippen molar-refractivity contribution in [3.8, 4) is 11.5 Å². The average Bonchev–Trinajstić information content (AvgIpc) is 2.71. The van der Waals surface area contributed by atoms with Crippen molar-refractivity contribution >= 4 is 16.9 Å². The van der Waals surface area contributed by atoms with Gasteiger partial charge in [-0.1, -0.05) is 0 Å². The third-order valence-electron chi connectivity index (χ3n) is 2.28. The van der Waals surface area contributed by atoms with Crippen molar-refractivity contribution in [3.63, 3.8) is 0 Å². The molecule has 0 saturated carbocycles. The Morgan fingerprint density at radius 2 is 2.12 bits per heavy atom. The van der Waals surface area contributed by atoms with Gasteiger partial charge in [-0.15, -0.1) is 0 Å². The maximum Gasteiger partial charge on any atom is 0.357 e. The average molecular weight is 222 g/mol. The quantitative estimate of drug-likeness (QED) is 0.817. The second-order valence-electron chi connectivity index (χ2n) is 3.10. The number of aromatic amines is 1. The Bertz CT molecular complexity index is 547. The van der Waals surface area contributed by atoms with Crippen molar-refractivity contribution in [2.45, 2.75) is 0 Å². The van der Waals surface area contributed by atoms with Gasteiger partial charge in [-0.05, 0) is 12.1 Å². The molecular formula is C10H10N2O4. The lowest BCUT2D eigenvalue weighted by atomic mass is 10.2. The molecule has 0 spiro atoms. The summed E-state index contributed by atoms with van der Waals surface area (Å²) < 4.78 is 10.2. The maximum absolute atomic E-state index is 10.9. The van der Waals surface area contributed by atoms with Crippen molar-refractivity contribution in [2.75, 3.05) is 14.2 Å². The summed E-state index contributed by atoms with van der Waals surface area (Å²) in [5, 5.41) is 15.7. The summed E-state index contributed by atoms with van der Waals surface area (Å²) in [6, 6.07) is 3.27. The molecule has 0 aliphatic carbocycles. The number of fused-ring (bicyclic) bond motifs is 1. The van der Waals surface area contributed by atoms with E-state index in [1.165, 1.54) is 14.2 Å². The first-order valence-corrected chi connectivity index (χ1v) is 4.51. The normalized spacial score (nSPS) is 10.4. The van der Waals surface area contributed by atoms with Gasteiger partial charge in [0.25, 0.3) is 0 Å². The van der Waals surface area contributed by atoms with Crippen molar-refractivity contribution < 1.29 is 19.4 Å². The van der Waals surface area contributed by atoms with E-state index in [9.17, 15) is 4.79 Å². The summed E-state index contributed by atoms with van der Waals surface area (Å²) in [5.74, 6) is -0.117. The lowest BCUT2D eigenvalue weighted by Gasteiger charge is -2.07. The van der Waals surface area contributed by atoms with Crippen molar-refractivity contribution in [3.05, 3.63) is 17.8 Å². The SMILES string of the molecule is COc1ccc2c(C(=O)O)n[nH]c2c1OC. The monoisotopic (exact) mass is 222 g/mol. The van der Waals surface area contributed by atoms with Crippen molar-refractivity contribution in [1.29, 1.82) is 0 Å². The molecule has 1 aromatic heterocycles. The molecule has 2 aromatic rings. The number of rotatable bonds is 3. The molecule has 0 fully saturated rings. The number of ether oxygens (including phenoxy) is 2. The van der Waals surface area contributed by atoms with E-state index in [4.69, 9.17) is 14.6 Å². The van der Waals surface area contributed by atoms with E-state index in [0.717, 1.165) is 0 Å². The van der Waals surface area contributed by atoms with E-state index < -0.39 is 5.97 Å². The van der Waals surface area contributed by atoms with Gasteiger partial charge in [0.05, 0.1) is 14.2 Å². The molecule has 1 aromatic carbocycles. The molecule has 2 N–H and O–H groups in total. The number of hydrogen-bond donors (Lipinski definition) is 2. The first-order chi connectivity index (χ1) is 7.69. The maximum atomic E-state index is 10.9. The molecular weight excluding hydrogens is 212 g/mol. The summed E-state index contributed by atoms with van der Waals surface area (Å²) in [7, 11) is 3.00. The summed E-state index contributed by atoms with van der Waals surface area (Å²) in [6.07, 6.45) is 0. The zero-order valence-corrected chi connectivity index (χ0v) is 8.77. The number of carboxylic acids is 1. The van der Waals surface area contributed by atoms with E-state index >= 15 is 0 Å². The molecule has 0 atom stereocenters. The Morgan fingerprint density at radius 3 is 2.69 bits per heavy atom. The number of nitrogens with one attached hydrogen (secondary N) is 1. The van der Waals surface area contributed by atoms with Gasteiger partial charge >= 0.3 is 5.97 Å². The molecule has 0 unspecified atom stereocenters. The van der Waals surface area contributed by atoms with Gasteiger partial charge in [0, 0.05) is 5.39 Å². The molecule has 0 aliphatic rings. The number of H-pyrrole nitrogens is 1. The molecule has 0 saturated heterocycles. The molecule has 6 heteroatoms. The molecule has 6 nitrogen and oxygen atoms in total. The molecule has 0 bridgehead atoms. The standard InChI is InChI=1S/C10H10N2O4/c1-15-6-4-3-5-7(9(6)16-2)11-12-8(5)10(13)14/h3-4H,1-2H3,(H,11,12)(H,13,14). The van der Waals surface area contributed by atoms with Crippen LogP contribution >= 0.6 is 0 Å². The van der Waals surface area contributed by atoms with E-state index in [0.29, 0.717) is 22.4 Å². The fraction of sp³-hybridized carbons (Fsp3) is 0.200. The van der Waals surface area contributed by atoms with Crippen LogP contribution in [0, 0.1) is 0 Å². The summed E-state index contributed by atoms with van der Waals surface area (Å²) in [4.78, 5) is 10.9. The Hall–Kier alpha value is -2.24. The minimum Gasteiger partial charge on any atom is -0.493 e. The number of hydrogen-bond acceptors (Lipinski definition) is 4. The largest absolute Gasteiger partial charge is 0.493 e. The van der Waals surface area contributed by atoms with Crippen LogP contribution in [-0.4, -0.2) is 35.5 Å². The second kappa shape index (κ2) is 3.73. The van der Waals surface area contributed by atoms with Crippen LogP contribution in [0.1, 0.15) is 10.5 Å². The van der Waals surface area contributed by atoms with Crippen LogP contribution in [0.5, 0.6) is 11.5 Å². The minimum atomic E-state index is -1.08. The van der Waals surface area contributed by atoms with E-state index in [-0.39, 0.29) is 5.69 Å². The third-order valence-corrected chi connectivity index (χ3v) is 2.28. The van der Waals surface area contributed by atoms with Crippen LogP contribution in [0.2, 0.25) is 0 Å². The second-order valence-corrected chi connectivity index (χ2v) is 3.10. The van der Waals surface area contributed by atoms with E-state index in [2.05, 4.69) is 10.2 Å². The molecule has 1 heterocycles. The molecule has 0 amide bonds. The number of aromatic carboxylic acids is 1. The fourth-order valence-corrected chi connectivity index (χ4v) is 1.57. The van der Waals surface area contributed by atoms with Gasteiger partial charge < -0.3 is 14.6 Å². The highest BCUT2D eigenvalue weighted by molar-refractivity contribution is 6.03. The number of nitrogens with zero attached hydrogens (tertiary/aromatic N) is 1.